The van der Waals surface area contributed by atoms with Crippen LogP contribution in [0.2, 0.25) is 5.02 Å². The molecule has 2 aromatic rings. The number of hydrogen-bond acceptors (Lipinski definition) is 4. The van der Waals surface area contributed by atoms with Gasteiger partial charge < -0.3 is 9.47 Å². The molecule has 0 amide bonds. The first-order chi connectivity index (χ1) is 12.5. The molecule has 0 bridgehead atoms. The first-order valence-electron chi connectivity index (χ1n) is 8.88. The maximum Gasteiger partial charge on any atom is 0.310 e. The Hall–Kier alpha value is -1.65. The number of thiol groups is 1. The highest BCUT2D eigenvalue weighted by Gasteiger charge is 2.27. The summed E-state index contributed by atoms with van der Waals surface area (Å²) >= 11 is 10.7. The second-order valence-corrected chi connectivity index (χ2v) is 7.31. The van der Waals surface area contributed by atoms with Crippen LogP contribution >= 0.6 is 24.2 Å². The topological polar surface area (TPSA) is 35.5 Å². The number of ether oxygens (including phenoxy) is 2. The van der Waals surface area contributed by atoms with Gasteiger partial charge in [0.25, 0.3) is 0 Å². The zero-order valence-corrected chi connectivity index (χ0v) is 16.7. The van der Waals surface area contributed by atoms with Gasteiger partial charge in [0.2, 0.25) is 0 Å². The monoisotopic (exact) mass is 390 g/mol. The first kappa shape index (κ1) is 19.1. The van der Waals surface area contributed by atoms with Crippen molar-refractivity contribution in [1.82, 2.24) is 0 Å². The van der Waals surface area contributed by atoms with E-state index in [2.05, 4.69) is 18.7 Å². The number of aryl methyl sites for hydroxylation is 1. The zero-order chi connectivity index (χ0) is 18.7. The van der Waals surface area contributed by atoms with Crippen molar-refractivity contribution in [3.8, 4) is 11.5 Å². The highest BCUT2D eigenvalue weighted by Crippen LogP contribution is 2.46. The van der Waals surface area contributed by atoms with E-state index in [1.54, 1.807) is 13.0 Å². The van der Waals surface area contributed by atoms with E-state index in [0.717, 1.165) is 22.4 Å². The Labute approximate surface area is 165 Å². The molecule has 0 aromatic heterocycles. The fourth-order valence-corrected chi connectivity index (χ4v) is 3.34. The molecule has 2 aromatic carbocycles. The third-order valence-electron chi connectivity index (χ3n) is 4.59. The molecule has 5 heteroatoms. The molecule has 0 aliphatic heterocycles. The number of halogens is 1. The minimum atomic E-state index is -0.264. The van der Waals surface area contributed by atoms with Gasteiger partial charge in [-0.1, -0.05) is 36.7 Å². The van der Waals surface area contributed by atoms with Crippen molar-refractivity contribution >= 4 is 30.2 Å². The van der Waals surface area contributed by atoms with Crippen LogP contribution in [-0.4, -0.2) is 5.97 Å². The molecule has 0 atom stereocenters. The minimum Gasteiger partial charge on any atom is -0.488 e. The molecule has 138 valence electrons. The number of esters is 1. The van der Waals surface area contributed by atoms with Gasteiger partial charge >= 0.3 is 5.97 Å². The van der Waals surface area contributed by atoms with Crippen LogP contribution in [-0.2, 0) is 17.2 Å². The van der Waals surface area contributed by atoms with E-state index < -0.39 is 0 Å². The number of carbonyl (C=O) groups is 1. The van der Waals surface area contributed by atoms with Crippen molar-refractivity contribution in [3.63, 3.8) is 0 Å². The molecule has 0 radical (unpaired) electrons. The third kappa shape index (κ3) is 4.36. The van der Waals surface area contributed by atoms with Crippen molar-refractivity contribution in [2.24, 2.45) is 0 Å². The van der Waals surface area contributed by atoms with E-state index in [9.17, 15) is 4.79 Å². The second kappa shape index (κ2) is 8.36. The number of carbonyl (C=O) groups excluding carboxylic acids is 1. The molecule has 1 aliphatic carbocycles. The normalized spacial score (nSPS) is 13.5. The fourth-order valence-electron chi connectivity index (χ4n) is 2.89. The van der Waals surface area contributed by atoms with Crippen LogP contribution in [0.25, 0.3) is 0 Å². The van der Waals surface area contributed by atoms with Gasteiger partial charge in [0.15, 0.2) is 0 Å². The van der Waals surface area contributed by atoms with E-state index >= 15 is 0 Å². The van der Waals surface area contributed by atoms with E-state index in [1.807, 2.05) is 25.1 Å². The number of benzene rings is 2. The lowest BCUT2D eigenvalue weighted by atomic mass is 10.1. The lowest BCUT2D eigenvalue weighted by molar-refractivity contribution is -0.134. The van der Waals surface area contributed by atoms with Crippen LogP contribution in [0.15, 0.2) is 30.3 Å². The summed E-state index contributed by atoms with van der Waals surface area (Å²) in [5.41, 5.74) is 4.11. The van der Waals surface area contributed by atoms with Crippen molar-refractivity contribution in [3.05, 3.63) is 57.6 Å². The average molecular weight is 391 g/mol. The van der Waals surface area contributed by atoms with Crippen LogP contribution < -0.4 is 9.47 Å². The molecular weight excluding hydrogens is 368 g/mol. The average Bonchev–Trinajstić information content (AvgIpc) is 3.47. The highest BCUT2D eigenvalue weighted by atomic mass is 35.5. The Bertz CT molecular complexity index is 815. The second-order valence-electron chi connectivity index (χ2n) is 6.58. The van der Waals surface area contributed by atoms with E-state index in [1.165, 1.54) is 18.4 Å². The summed E-state index contributed by atoms with van der Waals surface area (Å²) in [6.07, 6.45) is 2.69. The van der Waals surface area contributed by atoms with Crippen LogP contribution in [0, 0.1) is 6.92 Å². The summed E-state index contributed by atoms with van der Waals surface area (Å²) in [5, 5.41) is 0.699. The zero-order valence-electron chi connectivity index (χ0n) is 15.0. The van der Waals surface area contributed by atoms with Gasteiger partial charge in [-0.3, -0.25) is 4.79 Å². The number of hydrogen-bond donors (Lipinski definition) is 1. The first-order valence-corrected chi connectivity index (χ1v) is 9.89. The number of rotatable bonds is 7. The van der Waals surface area contributed by atoms with E-state index in [-0.39, 0.29) is 5.97 Å². The van der Waals surface area contributed by atoms with Crippen LogP contribution in [0.5, 0.6) is 11.5 Å². The van der Waals surface area contributed by atoms with Gasteiger partial charge in [-0.2, -0.15) is 12.6 Å². The SMILES string of the molecule is CCC(=O)Oc1cccc(CS)c1COc1cc(Cl)c(C)cc1C1CC1. The Morgan fingerprint density at radius 3 is 2.69 bits per heavy atom. The Balaban J connectivity index is 1.88. The maximum atomic E-state index is 11.7. The molecule has 1 saturated carbocycles. The Morgan fingerprint density at radius 2 is 2.04 bits per heavy atom. The van der Waals surface area contributed by atoms with Crippen molar-refractivity contribution in [2.45, 2.75) is 51.4 Å². The van der Waals surface area contributed by atoms with Gasteiger partial charge in [0.05, 0.1) is 0 Å². The van der Waals surface area contributed by atoms with Gasteiger partial charge in [0.1, 0.15) is 18.1 Å². The molecule has 0 heterocycles. The lowest BCUT2D eigenvalue weighted by Crippen LogP contribution is -2.10. The molecule has 26 heavy (non-hydrogen) atoms. The summed E-state index contributed by atoms with van der Waals surface area (Å²) < 4.78 is 11.6. The van der Waals surface area contributed by atoms with Crippen LogP contribution in [0.3, 0.4) is 0 Å². The van der Waals surface area contributed by atoms with Gasteiger partial charge in [-0.15, -0.1) is 0 Å². The standard InChI is InChI=1S/C21H23ClO3S/c1-3-21(23)25-19-6-4-5-15(12-26)17(19)11-24-20-10-18(22)13(2)9-16(20)14-7-8-14/h4-6,9-10,14,26H,3,7-8,11-12H2,1-2H3. The van der Waals surface area contributed by atoms with Crippen LogP contribution in [0.4, 0.5) is 0 Å². The molecule has 0 spiro atoms. The summed E-state index contributed by atoms with van der Waals surface area (Å²) in [6, 6.07) is 9.65. The van der Waals surface area contributed by atoms with Crippen molar-refractivity contribution < 1.29 is 14.3 Å². The minimum absolute atomic E-state index is 0.264. The van der Waals surface area contributed by atoms with Crippen molar-refractivity contribution in [2.75, 3.05) is 0 Å². The Kier molecular flexibility index (Phi) is 6.15. The van der Waals surface area contributed by atoms with Crippen molar-refractivity contribution in [1.29, 1.82) is 0 Å². The molecule has 0 unspecified atom stereocenters. The summed E-state index contributed by atoms with van der Waals surface area (Å²) in [4.78, 5) is 11.7. The molecule has 0 saturated heterocycles. The molecule has 1 aliphatic rings. The largest absolute Gasteiger partial charge is 0.488 e. The van der Waals surface area contributed by atoms with Gasteiger partial charge in [0, 0.05) is 22.8 Å². The fraction of sp³-hybridized carbons (Fsp3) is 0.381. The Morgan fingerprint density at radius 1 is 1.27 bits per heavy atom. The summed E-state index contributed by atoms with van der Waals surface area (Å²) in [5.74, 6) is 2.18. The smallest absolute Gasteiger partial charge is 0.310 e. The molecule has 3 nitrogen and oxygen atoms in total. The quantitative estimate of drug-likeness (QED) is 0.366. The summed E-state index contributed by atoms with van der Waals surface area (Å²) in [7, 11) is 0. The molecule has 3 rings (SSSR count). The molecule has 1 fully saturated rings. The maximum absolute atomic E-state index is 11.7. The third-order valence-corrected chi connectivity index (χ3v) is 5.34. The van der Waals surface area contributed by atoms with Gasteiger partial charge in [-0.25, -0.2) is 0 Å². The van der Waals surface area contributed by atoms with Crippen LogP contribution in [0.1, 0.15) is 54.4 Å². The predicted molar refractivity (Wildman–Crippen MR) is 108 cm³/mol. The van der Waals surface area contributed by atoms with Gasteiger partial charge in [-0.05, 0) is 54.5 Å². The van der Waals surface area contributed by atoms with E-state index in [4.69, 9.17) is 21.1 Å². The highest BCUT2D eigenvalue weighted by molar-refractivity contribution is 7.79. The molecular formula is C21H23ClO3S. The molecule has 0 N–H and O–H groups in total. The van der Waals surface area contributed by atoms with E-state index in [0.29, 0.717) is 35.5 Å². The predicted octanol–water partition coefficient (Wildman–Crippen LogP) is 5.85. The summed E-state index contributed by atoms with van der Waals surface area (Å²) in [6.45, 7) is 4.09. The lowest BCUT2D eigenvalue weighted by Gasteiger charge is -2.17.